The molecular weight excluding hydrogens is 324 g/mol. The average molecular weight is 344 g/mol. The van der Waals surface area contributed by atoms with Crippen molar-refractivity contribution in [2.24, 2.45) is 0 Å². The summed E-state index contributed by atoms with van der Waals surface area (Å²) in [6.45, 7) is -0.163. The highest BCUT2D eigenvalue weighted by molar-refractivity contribution is 5.94. The van der Waals surface area contributed by atoms with Gasteiger partial charge in [0.2, 0.25) is 5.91 Å². The third kappa shape index (κ3) is 5.20. The van der Waals surface area contributed by atoms with Crippen LogP contribution in [0, 0.1) is 0 Å². The van der Waals surface area contributed by atoms with E-state index in [-0.39, 0.29) is 24.6 Å². The van der Waals surface area contributed by atoms with Crippen LogP contribution in [0.4, 0.5) is 0 Å². The number of likely N-dealkylation sites (N-methyl/N-ethyl adjacent to an activating group) is 1. The van der Waals surface area contributed by atoms with Gasteiger partial charge in [-0.25, -0.2) is 0 Å². The van der Waals surface area contributed by atoms with E-state index in [0.29, 0.717) is 0 Å². The number of nitrogens with zero attached hydrogens (tertiary/aromatic N) is 1. The number of nitrogens with one attached hydrogen (secondary N) is 1. The largest absolute Gasteiger partial charge is 0.469 e. The van der Waals surface area contributed by atoms with E-state index in [4.69, 9.17) is 4.42 Å². The summed E-state index contributed by atoms with van der Waals surface area (Å²) in [4.78, 5) is 37.2. The third-order valence-corrected chi connectivity index (χ3v) is 3.60. The minimum absolute atomic E-state index is 0.00208. The average Bonchev–Trinajstić information content (AvgIpc) is 3.15. The van der Waals surface area contributed by atoms with Gasteiger partial charge < -0.3 is 19.4 Å². The number of carbonyl (C=O) groups is 3. The molecule has 0 radical (unpaired) electrons. The lowest BCUT2D eigenvalue weighted by atomic mass is 10.0. The fraction of sp³-hybridized carbons (Fsp3) is 0.278. The maximum Gasteiger partial charge on any atom is 0.307 e. The maximum absolute atomic E-state index is 12.3. The predicted molar refractivity (Wildman–Crippen MR) is 89.6 cm³/mol. The molecule has 7 nitrogen and oxygen atoms in total. The molecule has 0 fully saturated rings. The summed E-state index contributed by atoms with van der Waals surface area (Å²) in [5.74, 6) is -1.07. The van der Waals surface area contributed by atoms with Gasteiger partial charge in [0, 0.05) is 7.05 Å². The minimum atomic E-state index is -0.534. The molecule has 0 spiro atoms. The van der Waals surface area contributed by atoms with Crippen LogP contribution in [0.15, 0.2) is 53.1 Å². The molecule has 132 valence electrons. The lowest BCUT2D eigenvalue weighted by Crippen LogP contribution is -2.40. The lowest BCUT2D eigenvalue weighted by molar-refractivity contribution is -0.141. The number of benzene rings is 1. The second-order valence-electron chi connectivity index (χ2n) is 5.45. The number of carbonyl (C=O) groups excluding carboxylic acids is 3. The van der Waals surface area contributed by atoms with Gasteiger partial charge in [-0.2, -0.15) is 0 Å². The van der Waals surface area contributed by atoms with Crippen LogP contribution in [0.1, 0.15) is 28.6 Å². The van der Waals surface area contributed by atoms with E-state index >= 15 is 0 Å². The third-order valence-electron chi connectivity index (χ3n) is 3.60. The van der Waals surface area contributed by atoms with Crippen molar-refractivity contribution in [2.45, 2.75) is 12.5 Å². The fourth-order valence-corrected chi connectivity index (χ4v) is 2.30. The highest BCUT2D eigenvalue weighted by Gasteiger charge is 2.22. The molecule has 1 unspecified atom stereocenters. The Labute approximate surface area is 145 Å². The Morgan fingerprint density at radius 1 is 1.16 bits per heavy atom. The number of hydrogen-bond acceptors (Lipinski definition) is 5. The Morgan fingerprint density at radius 2 is 1.88 bits per heavy atom. The van der Waals surface area contributed by atoms with Crippen LogP contribution >= 0.6 is 0 Å². The molecular formula is C18H20N2O5. The second-order valence-corrected chi connectivity index (χ2v) is 5.45. The van der Waals surface area contributed by atoms with Crippen LogP contribution < -0.4 is 5.32 Å². The predicted octanol–water partition coefficient (Wildman–Crippen LogP) is 1.77. The highest BCUT2D eigenvalue weighted by atomic mass is 16.5. The SMILES string of the molecule is COC(=O)CC(NC(=O)CN(C)C(=O)c1ccco1)c1ccccc1. The van der Waals surface area contributed by atoms with E-state index in [9.17, 15) is 14.4 Å². The molecule has 2 rings (SSSR count). The standard InChI is InChI=1S/C18H20N2O5/c1-20(18(23)15-9-6-10-25-15)12-16(21)19-14(11-17(22)24-2)13-7-4-3-5-8-13/h3-10,14H,11-12H2,1-2H3,(H,19,21). The van der Waals surface area contributed by atoms with Gasteiger partial charge in [-0.3, -0.25) is 14.4 Å². The molecule has 25 heavy (non-hydrogen) atoms. The van der Waals surface area contributed by atoms with Gasteiger partial charge in [-0.1, -0.05) is 30.3 Å². The molecule has 0 aliphatic heterocycles. The van der Waals surface area contributed by atoms with Crippen molar-refractivity contribution in [2.75, 3.05) is 20.7 Å². The molecule has 1 aromatic carbocycles. The number of hydrogen-bond donors (Lipinski definition) is 1. The summed E-state index contributed by atoms with van der Waals surface area (Å²) in [6.07, 6.45) is 1.39. The summed E-state index contributed by atoms with van der Waals surface area (Å²) in [5.41, 5.74) is 0.779. The van der Waals surface area contributed by atoms with Crippen LogP contribution in [-0.4, -0.2) is 43.4 Å². The van der Waals surface area contributed by atoms with Gasteiger partial charge in [-0.05, 0) is 17.7 Å². The van der Waals surface area contributed by atoms with E-state index in [1.165, 1.54) is 31.4 Å². The van der Waals surface area contributed by atoms with Crippen LogP contribution in [0.25, 0.3) is 0 Å². The molecule has 0 saturated heterocycles. The smallest absolute Gasteiger partial charge is 0.307 e. The number of furan rings is 1. The highest BCUT2D eigenvalue weighted by Crippen LogP contribution is 2.17. The van der Waals surface area contributed by atoms with Crippen molar-refractivity contribution in [3.63, 3.8) is 0 Å². The Balaban J connectivity index is 2.01. The topological polar surface area (TPSA) is 88.9 Å². The van der Waals surface area contributed by atoms with Crippen molar-refractivity contribution >= 4 is 17.8 Å². The summed E-state index contributed by atoms with van der Waals surface area (Å²) < 4.78 is 9.72. The quantitative estimate of drug-likeness (QED) is 0.773. The Bertz CT molecular complexity index is 712. The van der Waals surface area contributed by atoms with Gasteiger partial charge in [0.15, 0.2) is 5.76 Å². The zero-order valence-corrected chi connectivity index (χ0v) is 14.1. The molecule has 0 aliphatic rings. The summed E-state index contributed by atoms with van der Waals surface area (Å²) in [5, 5.41) is 2.77. The van der Waals surface area contributed by atoms with E-state index in [1.807, 2.05) is 30.3 Å². The van der Waals surface area contributed by atoms with Crippen LogP contribution in [0.5, 0.6) is 0 Å². The van der Waals surface area contributed by atoms with E-state index in [1.54, 1.807) is 6.07 Å². The summed E-state index contributed by atoms with van der Waals surface area (Å²) in [6, 6.07) is 11.7. The van der Waals surface area contributed by atoms with Gasteiger partial charge >= 0.3 is 5.97 Å². The monoisotopic (exact) mass is 344 g/mol. The maximum atomic E-state index is 12.3. The second kappa shape index (κ2) is 8.68. The Kier molecular flexibility index (Phi) is 6.33. The van der Waals surface area contributed by atoms with Gasteiger partial charge in [0.1, 0.15) is 0 Å². The summed E-state index contributed by atoms with van der Waals surface area (Å²) >= 11 is 0. The minimum Gasteiger partial charge on any atom is -0.469 e. The van der Waals surface area contributed by atoms with Gasteiger partial charge in [-0.15, -0.1) is 0 Å². The molecule has 1 N–H and O–H groups in total. The van der Waals surface area contributed by atoms with Crippen molar-refractivity contribution in [1.29, 1.82) is 0 Å². The van der Waals surface area contributed by atoms with Gasteiger partial charge in [0.25, 0.3) is 5.91 Å². The van der Waals surface area contributed by atoms with Crippen molar-refractivity contribution < 1.29 is 23.5 Å². The molecule has 1 aromatic heterocycles. The molecule has 2 aromatic rings. The van der Waals surface area contributed by atoms with E-state index in [2.05, 4.69) is 10.1 Å². The van der Waals surface area contributed by atoms with Crippen LogP contribution in [0.2, 0.25) is 0 Å². The molecule has 2 amide bonds. The van der Waals surface area contributed by atoms with E-state index in [0.717, 1.165) is 5.56 Å². The van der Waals surface area contributed by atoms with Crippen molar-refractivity contribution in [1.82, 2.24) is 10.2 Å². The Hall–Kier alpha value is -3.09. The van der Waals surface area contributed by atoms with Crippen molar-refractivity contribution in [3.8, 4) is 0 Å². The molecule has 1 heterocycles. The normalized spacial score (nSPS) is 11.4. The lowest BCUT2D eigenvalue weighted by Gasteiger charge is -2.21. The van der Waals surface area contributed by atoms with E-state index < -0.39 is 17.9 Å². The number of esters is 1. The molecule has 1 atom stereocenters. The number of ether oxygens (including phenoxy) is 1. The first-order chi connectivity index (χ1) is 12.0. The zero-order chi connectivity index (χ0) is 18.2. The number of rotatable bonds is 7. The molecule has 7 heteroatoms. The number of methoxy groups -OCH3 is 1. The van der Waals surface area contributed by atoms with Crippen LogP contribution in [-0.2, 0) is 14.3 Å². The fourth-order valence-electron chi connectivity index (χ4n) is 2.30. The molecule has 0 saturated carbocycles. The van der Waals surface area contributed by atoms with Crippen LogP contribution in [0.3, 0.4) is 0 Å². The molecule has 0 bridgehead atoms. The first kappa shape index (κ1) is 18.3. The summed E-state index contributed by atoms with van der Waals surface area (Å²) in [7, 11) is 2.80. The van der Waals surface area contributed by atoms with Gasteiger partial charge in [0.05, 0.1) is 32.4 Å². The molecule has 0 aliphatic carbocycles. The first-order valence-electron chi connectivity index (χ1n) is 7.71. The first-order valence-corrected chi connectivity index (χ1v) is 7.71. The van der Waals surface area contributed by atoms with Crippen molar-refractivity contribution in [3.05, 3.63) is 60.1 Å². The zero-order valence-electron chi connectivity index (χ0n) is 14.1. The number of amides is 2. The Morgan fingerprint density at radius 3 is 2.48 bits per heavy atom.